The lowest BCUT2D eigenvalue weighted by Gasteiger charge is -2.11. The van der Waals surface area contributed by atoms with Crippen LogP contribution in [-0.2, 0) is 10.9 Å². The van der Waals surface area contributed by atoms with Crippen LogP contribution in [0.1, 0.15) is 11.1 Å². The first-order chi connectivity index (χ1) is 7.49. The third kappa shape index (κ3) is 2.91. The standard InChI is InChI=1S/C11H9F3O2/c1-3-8-4-5-9(11(12,13)14)6-10(8)16-7-15-2/h1,4-6H,7H2,2H3. The highest BCUT2D eigenvalue weighted by Gasteiger charge is 2.31. The largest absolute Gasteiger partial charge is 0.466 e. The van der Waals surface area contributed by atoms with Crippen molar-refractivity contribution >= 4 is 0 Å². The van der Waals surface area contributed by atoms with E-state index in [9.17, 15) is 13.2 Å². The van der Waals surface area contributed by atoms with Crippen LogP contribution in [0.3, 0.4) is 0 Å². The van der Waals surface area contributed by atoms with E-state index in [1.807, 2.05) is 0 Å². The Labute approximate surface area is 91.0 Å². The van der Waals surface area contributed by atoms with Crippen LogP contribution in [0.25, 0.3) is 0 Å². The lowest BCUT2D eigenvalue weighted by Crippen LogP contribution is -2.07. The van der Waals surface area contributed by atoms with E-state index in [1.54, 1.807) is 0 Å². The Kier molecular flexibility index (Phi) is 3.80. The summed E-state index contributed by atoms with van der Waals surface area (Å²) in [5.41, 5.74) is -0.553. The second kappa shape index (κ2) is 4.90. The van der Waals surface area contributed by atoms with Gasteiger partial charge >= 0.3 is 6.18 Å². The molecule has 0 N–H and O–H groups in total. The minimum Gasteiger partial charge on any atom is -0.466 e. The second-order valence-corrected chi connectivity index (χ2v) is 2.90. The molecule has 5 heteroatoms. The van der Waals surface area contributed by atoms with Gasteiger partial charge in [0.15, 0.2) is 6.79 Å². The summed E-state index contributed by atoms with van der Waals surface area (Å²) in [6.45, 7) is -0.157. The van der Waals surface area contributed by atoms with Crippen LogP contribution in [-0.4, -0.2) is 13.9 Å². The Bertz CT molecular complexity index is 405. The van der Waals surface area contributed by atoms with Crippen LogP contribution >= 0.6 is 0 Å². The Morgan fingerprint density at radius 1 is 1.38 bits per heavy atom. The van der Waals surface area contributed by atoms with Gasteiger partial charge < -0.3 is 9.47 Å². The molecule has 0 radical (unpaired) electrons. The Morgan fingerprint density at radius 3 is 2.56 bits per heavy atom. The van der Waals surface area contributed by atoms with Crippen LogP contribution < -0.4 is 4.74 Å². The summed E-state index contributed by atoms with van der Waals surface area (Å²) < 4.78 is 46.7. The summed E-state index contributed by atoms with van der Waals surface area (Å²) in [6, 6.07) is 2.96. The Balaban J connectivity index is 3.07. The fourth-order valence-electron chi connectivity index (χ4n) is 1.06. The zero-order chi connectivity index (χ0) is 12.2. The summed E-state index contributed by atoms with van der Waals surface area (Å²) >= 11 is 0. The van der Waals surface area contributed by atoms with Crippen molar-refractivity contribution in [2.24, 2.45) is 0 Å². The quantitative estimate of drug-likeness (QED) is 0.587. The van der Waals surface area contributed by atoms with Crippen molar-refractivity contribution in [2.75, 3.05) is 13.9 Å². The molecule has 1 aromatic carbocycles. The number of rotatable bonds is 3. The molecule has 0 bridgehead atoms. The predicted molar refractivity (Wildman–Crippen MR) is 51.9 cm³/mol. The van der Waals surface area contributed by atoms with E-state index in [-0.39, 0.29) is 18.1 Å². The van der Waals surface area contributed by atoms with Crippen LogP contribution in [0.4, 0.5) is 13.2 Å². The molecule has 86 valence electrons. The molecule has 16 heavy (non-hydrogen) atoms. The van der Waals surface area contributed by atoms with Crippen molar-refractivity contribution < 1.29 is 22.6 Å². The van der Waals surface area contributed by atoms with E-state index in [1.165, 1.54) is 13.2 Å². The number of hydrogen-bond donors (Lipinski definition) is 0. The first kappa shape index (κ1) is 12.4. The second-order valence-electron chi connectivity index (χ2n) is 2.90. The topological polar surface area (TPSA) is 18.5 Å². The van der Waals surface area contributed by atoms with Crippen LogP contribution in [0.5, 0.6) is 5.75 Å². The average Bonchev–Trinajstić information content (AvgIpc) is 2.24. The molecule has 1 rings (SSSR count). The van der Waals surface area contributed by atoms with Gasteiger partial charge in [-0.25, -0.2) is 0 Å². The third-order valence-electron chi connectivity index (χ3n) is 1.80. The number of halogens is 3. The maximum atomic E-state index is 12.4. The number of terminal acetylenes is 1. The summed E-state index contributed by atoms with van der Waals surface area (Å²) in [7, 11) is 1.36. The Morgan fingerprint density at radius 2 is 2.06 bits per heavy atom. The number of ether oxygens (including phenoxy) is 2. The molecule has 0 unspecified atom stereocenters. The van der Waals surface area contributed by atoms with Gasteiger partial charge in [-0.15, -0.1) is 6.42 Å². The predicted octanol–water partition coefficient (Wildman–Crippen LogP) is 2.67. The highest BCUT2D eigenvalue weighted by Crippen LogP contribution is 2.32. The molecule has 1 aromatic rings. The van der Waals surface area contributed by atoms with E-state index >= 15 is 0 Å². The molecule has 0 atom stereocenters. The SMILES string of the molecule is C#Cc1ccc(C(F)(F)F)cc1OCOC. The van der Waals surface area contributed by atoms with Crippen molar-refractivity contribution in [3.8, 4) is 18.1 Å². The van der Waals surface area contributed by atoms with Crippen molar-refractivity contribution in [3.63, 3.8) is 0 Å². The zero-order valence-electron chi connectivity index (χ0n) is 8.47. The first-order valence-electron chi connectivity index (χ1n) is 4.28. The normalized spacial score (nSPS) is 10.9. The van der Waals surface area contributed by atoms with E-state index in [0.717, 1.165) is 12.1 Å². The van der Waals surface area contributed by atoms with Gasteiger partial charge in [0.1, 0.15) is 5.75 Å². The van der Waals surface area contributed by atoms with E-state index < -0.39 is 11.7 Å². The Hall–Kier alpha value is -1.67. The molecule has 0 amide bonds. The number of alkyl halides is 3. The molecule has 0 aliphatic carbocycles. The molecule has 0 aliphatic rings. The minimum atomic E-state index is -4.42. The van der Waals surface area contributed by atoms with Gasteiger partial charge in [-0.1, -0.05) is 5.92 Å². The fraction of sp³-hybridized carbons (Fsp3) is 0.273. The van der Waals surface area contributed by atoms with Crippen molar-refractivity contribution in [1.29, 1.82) is 0 Å². The zero-order valence-corrected chi connectivity index (χ0v) is 8.47. The minimum absolute atomic E-state index is 0.0147. The molecule has 0 aromatic heterocycles. The van der Waals surface area contributed by atoms with E-state index in [4.69, 9.17) is 11.2 Å². The van der Waals surface area contributed by atoms with Crippen molar-refractivity contribution in [3.05, 3.63) is 29.3 Å². The van der Waals surface area contributed by atoms with Gasteiger partial charge in [0.2, 0.25) is 0 Å². The maximum Gasteiger partial charge on any atom is 0.416 e. The number of methoxy groups -OCH3 is 1. The summed E-state index contributed by atoms with van der Waals surface area (Å²) in [5, 5.41) is 0. The molecule has 0 fully saturated rings. The molecular weight excluding hydrogens is 221 g/mol. The molecule has 2 nitrogen and oxygen atoms in total. The monoisotopic (exact) mass is 230 g/mol. The average molecular weight is 230 g/mol. The van der Waals surface area contributed by atoms with Crippen LogP contribution in [0.2, 0.25) is 0 Å². The fourth-order valence-corrected chi connectivity index (χ4v) is 1.06. The molecule has 0 heterocycles. The van der Waals surface area contributed by atoms with Gasteiger partial charge in [-0.05, 0) is 18.2 Å². The summed E-state index contributed by atoms with van der Waals surface area (Å²) in [4.78, 5) is 0. The first-order valence-corrected chi connectivity index (χ1v) is 4.28. The van der Waals surface area contributed by atoms with Crippen LogP contribution in [0.15, 0.2) is 18.2 Å². The number of hydrogen-bond acceptors (Lipinski definition) is 2. The maximum absolute atomic E-state index is 12.4. The van der Waals surface area contributed by atoms with Gasteiger partial charge in [0.05, 0.1) is 11.1 Å². The summed E-state index contributed by atoms with van der Waals surface area (Å²) in [5.74, 6) is 2.22. The molecule has 0 aliphatic heterocycles. The van der Waals surface area contributed by atoms with Gasteiger partial charge in [0, 0.05) is 7.11 Å². The van der Waals surface area contributed by atoms with Crippen molar-refractivity contribution in [1.82, 2.24) is 0 Å². The molecular formula is C11H9F3O2. The molecule has 0 saturated heterocycles. The van der Waals surface area contributed by atoms with Crippen LogP contribution in [0, 0.1) is 12.3 Å². The van der Waals surface area contributed by atoms with Crippen molar-refractivity contribution in [2.45, 2.75) is 6.18 Å². The summed E-state index contributed by atoms with van der Waals surface area (Å²) in [6.07, 6.45) is 0.711. The molecule has 0 spiro atoms. The highest BCUT2D eigenvalue weighted by atomic mass is 19.4. The van der Waals surface area contributed by atoms with Gasteiger partial charge in [-0.3, -0.25) is 0 Å². The smallest absolute Gasteiger partial charge is 0.416 e. The highest BCUT2D eigenvalue weighted by molar-refractivity contribution is 5.47. The lowest BCUT2D eigenvalue weighted by molar-refractivity contribution is -0.137. The lowest BCUT2D eigenvalue weighted by atomic mass is 10.1. The van der Waals surface area contributed by atoms with E-state index in [0.29, 0.717) is 0 Å². The number of benzene rings is 1. The van der Waals surface area contributed by atoms with E-state index in [2.05, 4.69) is 10.7 Å². The molecule has 0 saturated carbocycles. The van der Waals surface area contributed by atoms with Gasteiger partial charge in [-0.2, -0.15) is 13.2 Å². The van der Waals surface area contributed by atoms with Gasteiger partial charge in [0.25, 0.3) is 0 Å². The third-order valence-corrected chi connectivity index (χ3v) is 1.80.